The van der Waals surface area contributed by atoms with Crippen LogP contribution in [-0.4, -0.2) is 23.3 Å². The lowest BCUT2D eigenvalue weighted by molar-refractivity contribution is 0.0354. The van der Waals surface area contributed by atoms with Gasteiger partial charge in [0, 0.05) is 17.3 Å². The van der Waals surface area contributed by atoms with Gasteiger partial charge in [-0.15, -0.1) is 0 Å². The Hall–Kier alpha value is -1.26. The number of hydrogen-bond donors (Lipinski definition) is 3. The molecule has 0 saturated heterocycles. The number of carbonyl (C=O) groups is 1. The average Bonchev–Trinajstić information content (AvgIpc) is 2.40. The van der Waals surface area contributed by atoms with E-state index >= 15 is 0 Å². The molecule has 19 heavy (non-hydrogen) atoms. The molecule has 0 bridgehead atoms. The monoisotopic (exact) mass is 284 g/mol. The Labute approximate surface area is 119 Å². The average molecular weight is 285 g/mol. The van der Waals surface area contributed by atoms with Gasteiger partial charge in [0.2, 0.25) is 0 Å². The van der Waals surface area contributed by atoms with Gasteiger partial charge in [0.1, 0.15) is 0 Å². The summed E-state index contributed by atoms with van der Waals surface area (Å²) in [5, 5.41) is 16.1. The van der Waals surface area contributed by atoms with Gasteiger partial charge in [0.05, 0.1) is 5.60 Å². The molecule has 1 rings (SSSR count). The lowest BCUT2D eigenvalue weighted by Crippen LogP contribution is -2.43. The minimum absolute atomic E-state index is 0.228. The van der Waals surface area contributed by atoms with Crippen molar-refractivity contribution >= 4 is 23.3 Å². The quantitative estimate of drug-likeness (QED) is 0.777. The van der Waals surface area contributed by atoms with Crippen LogP contribution in [0.25, 0.3) is 0 Å². The number of nitrogens with one attached hydrogen (secondary N) is 2. The third-order valence-electron chi connectivity index (χ3n) is 3.34. The molecule has 0 fully saturated rings. The second-order valence-electron chi connectivity index (χ2n) is 4.70. The highest BCUT2D eigenvalue weighted by atomic mass is 35.5. The lowest BCUT2D eigenvalue weighted by Gasteiger charge is -2.25. The summed E-state index contributed by atoms with van der Waals surface area (Å²) in [7, 11) is 0. The van der Waals surface area contributed by atoms with Gasteiger partial charge in [0.15, 0.2) is 0 Å². The van der Waals surface area contributed by atoms with E-state index in [1.54, 1.807) is 12.1 Å². The fourth-order valence-electron chi connectivity index (χ4n) is 1.64. The molecule has 3 N–H and O–H groups in total. The van der Waals surface area contributed by atoms with E-state index in [-0.39, 0.29) is 12.6 Å². The van der Waals surface area contributed by atoms with E-state index in [4.69, 9.17) is 11.6 Å². The van der Waals surface area contributed by atoms with Gasteiger partial charge in [-0.05, 0) is 37.5 Å². The van der Waals surface area contributed by atoms with Crippen molar-refractivity contribution in [3.63, 3.8) is 0 Å². The number of hydrogen-bond acceptors (Lipinski definition) is 2. The predicted octanol–water partition coefficient (Wildman–Crippen LogP) is 3.32. The topological polar surface area (TPSA) is 61.4 Å². The molecule has 106 valence electrons. The van der Waals surface area contributed by atoms with E-state index in [0.29, 0.717) is 23.6 Å². The number of aliphatic hydroxyl groups is 1. The van der Waals surface area contributed by atoms with Crippen molar-refractivity contribution in [1.82, 2.24) is 5.32 Å². The number of urea groups is 1. The minimum atomic E-state index is -0.847. The zero-order chi connectivity index (χ0) is 14.5. The molecule has 0 spiro atoms. The Morgan fingerprint density at radius 1 is 1.37 bits per heavy atom. The second-order valence-corrected chi connectivity index (χ2v) is 5.13. The molecule has 0 unspecified atom stereocenters. The SMILES string of the molecule is CCC(O)(CC)CNC(=O)Nc1cc(Cl)ccc1C. The highest BCUT2D eigenvalue weighted by molar-refractivity contribution is 6.31. The normalized spacial score (nSPS) is 11.2. The molecule has 0 aliphatic carbocycles. The highest BCUT2D eigenvalue weighted by Crippen LogP contribution is 2.20. The van der Waals surface area contributed by atoms with Crippen LogP contribution in [0, 0.1) is 6.92 Å². The van der Waals surface area contributed by atoms with Crippen LogP contribution in [0.2, 0.25) is 5.02 Å². The molecule has 0 atom stereocenters. The van der Waals surface area contributed by atoms with Crippen molar-refractivity contribution in [3.8, 4) is 0 Å². The molecule has 0 aromatic heterocycles. The zero-order valence-electron chi connectivity index (χ0n) is 11.6. The van der Waals surface area contributed by atoms with Crippen molar-refractivity contribution in [2.45, 2.75) is 39.2 Å². The van der Waals surface area contributed by atoms with Gasteiger partial charge in [-0.1, -0.05) is 31.5 Å². The van der Waals surface area contributed by atoms with Crippen LogP contribution < -0.4 is 10.6 Å². The first kappa shape index (κ1) is 15.8. The summed E-state index contributed by atoms with van der Waals surface area (Å²) < 4.78 is 0. The molecule has 5 heteroatoms. The van der Waals surface area contributed by atoms with Crippen LogP contribution in [0.1, 0.15) is 32.3 Å². The van der Waals surface area contributed by atoms with E-state index in [0.717, 1.165) is 5.56 Å². The predicted molar refractivity (Wildman–Crippen MR) is 78.7 cm³/mol. The van der Waals surface area contributed by atoms with Crippen LogP contribution in [0.5, 0.6) is 0 Å². The Bertz CT molecular complexity index is 445. The van der Waals surface area contributed by atoms with E-state index in [9.17, 15) is 9.90 Å². The minimum Gasteiger partial charge on any atom is -0.388 e. The smallest absolute Gasteiger partial charge is 0.319 e. The van der Waals surface area contributed by atoms with Crippen LogP contribution in [0.4, 0.5) is 10.5 Å². The molecule has 1 aromatic carbocycles. The summed E-state index contributed by atoms with van der Waals surface area (Å²) in [6, 6.07) is 4.97. The van der Waals surface area contributed by atoms with Gasteiger partial charge in [0.25, 0.3) is 0 Å². The van der Waals surface area contributed by atoms with Crippen LogP contribution in [0.3, 0.4) is 0 Å². The molecule has 0 saturated carbocycles. The first-order valence-corrected chi connectivity index (χ1v) is 6.81. The Morgan fingerprint density at radius 3 is 2.58 bits per heavy atom. The number of anilines is 1. The molecule has 1 aromatic rings. The Balaban J connectivity index is 2.58. The zero-order valence-corrected chi connectivity index (χ0v) is 12.3. The van der Waals surface area contributed by atoms with E-state index in [2.05, 4.69) is 10.6 Å². The molecular weight excluding hydrogens is 264 g/mol. The first-order valence-electron chi connectivity index (χ1n) is 6.43. The third kappa shape index (κ3) is 4.73. The first-order chi connectivity index (χ1) is 8.90. The van der Waals surface area contributed by atoms with Crippen LogP contribution in [0.15, 0.2) is 18.2 Å². The third-order valence-corrected chi connectivity index (χ3v) is 3.58. The number of amides is 2. The van der Waals surface area contributed by atoms with Gasteiger partial charge >= 0.3 is 6.03 Å². The van der Waals surface area contributed by atoms with Crippen molar-refractivity contribution in [1.29, 1.82) is 0 Å². The summed E-state index contributed by atoms with van der Waals surface area (Å²) in [5.74, 6) is 0. The second kappa shape index (κ2) is 6.78. The highest BCUT2D eigenvalue weighted by Gasteiger charge is 2.22. The Kier molecular flexibility index (Phi) is 5.63. The number of benzene rings is 1. The van der Waals surface area contributed by atoms with Crippen molar-refractivity contribution < 1.29 is 9.90 Å². The number of halogens is 1. The van der Waals surface area contributed by atoms with Gasteiger partial charge in [-0.25, -0.2) is 4.79 Å². The largest absolute Gasteiger partial charge is 0.388 e. The van der Waals surface area contributed by atoms with Crippen molar-refractivity contribution in [2.24, 2.45) is 0 Å². The fourth-order valence-corrected chi connectivity index (χ4v) is 1.81. The molecular formula is C14H21ClN2O2. The summed E-state index contributed by atoms with van der Waals surface area (Å²) in [6.45, 7) is 5.90. The van der Waals surface area contributed by atoms with E-state index in [1.807, 2.05) is 26.8 Å². The molecule has 4 nitrogen and oxygen atoms in total. The number of rotatable bonds is 5. The van der Waals surface area contributed by atoms with E-state index < -0.39 is 5.60 Å². The maximum atomic E-state index is 11.8. The molecule has 0 aliphatic rings. The molecule has 0 radical (unpaired) electrons. The summed E-state index contributed by atoms with van der Waals surface area (Å²) in [5.41, 5.74) is 0.753. The maximum absolute atomic E-state index is 11.8. The van der Waals surface area contributed by atoms with Gasteiger partial charge in [-0.3, -0.25) is 0 Å². The van der Waals surface area contributed by atoms with Crippen molar-refractivity contribution in [2.75, 3.05) is 11.9 Å². The maximum Gasteiger partial charge on any atom is 0.319 e. The number of aryl methyl sites for hydroxylation is 1. The molecule has 2 amide bonds. The van der Waals surface area contributed by atoms with E-state index in [1.165, 1.54) is 0 Å². The van der Waals surface area contributed by atoms with Crippen LogP contribution in [-0.2, 0) is 0 Å². The van der Waals surface area contributed by atoms with Crippen molar-refractivity contribution in [3.05, 3.63) is 28.8 Å². The summed E-state index contributed by atoms with van der Waals surface area (Å²) in [6.07, 6.45) is 1.19. The van der Waals surface area contributed by atoms with Gasteiger partial charge < -0.3 is 15.7 Å². The Morgan fingerprint density at radius 2 is 2.00 bits per heavy atom. The number of carbonyl (C=O) groups excluding carboxylic acids is 1. The lowest BCUT2D eigenvalue weighted by atomic mass is 9.98. The molecule has 0 aliphatic heterocycles. The summed E-state index contributed by atoms with van der Waals surface area (Å²) >= 11 is 5.88. The standard InChI is InChI=1S/C14H21ClN2O2/c1-4-14(19,5-2)9-16-13(18)17-12-8-11(15)7-6-10(12)3/h6-8,19H,4-5,9H2,1-3H3,(H2,16,17,18). The van der Waals surface area contributed by atoms with Crippen LogP contribution >= 0.6 is 11.6 Å². The molecule has 0 heterocycles. The van der Waals surface area contributed by atoms with Gasteiger partial charge in [-0.2, -0.15) is 0 Å². The fraction of sp³-hybridized carbons (Fsp3) is 0.500. The summed E-state index contributed by atoms with van der Waals surface area (Å²) in [4.78, 5) is 11.8.